The van der Waals surface area contributed by atoms with E-state index in [1.54, 1.807) is 13.8 Å². The van der Waals surface area contributed by atoms with E-state index in [0.29, 0.717) is 12.3 Å². The van der Waals surface area contributed by atoms with Crippen LogP contribution in [0.2, 0.25) is 0 Å². The first-order chi connectivity index (χ1) is 6.67. The molecule has 0 spiro atoms. The van der Waals surface area contributed by atoms with Crippen LogP contribution in [0.1, 0.15) is 13.8 Å². The average molecular weight is 197 g/mol. The van der Waals surface area contributed by atoms with Gasteiger partial charge in [-0.25, -0.2) is 4.79 Å². The van der Waals surface area contributed by atoms with E-state index in [1.165, 1.54) is 0 Å². The lowest BCUT2D eigenvalue weighted by Gasteiger charge is -2.14. The molecule has 0 saturated heterocycles. The third kappa shape index (κ3) is 3.92. The molecule has 78 valence electrons. The van der Waals surface area contributed by atoms with Crippen LogP contribution in [0, 0.1) is 12.3 Å². The number of hydrogen-bond acceptors (Lipinski definition) is 5. The molecule has 0 saturated carbocycles. The van der Waals surface area contributed by atoms with Gasteiger partial charge in [0.2, 0.25) is 0 Å². The number of carbonyl (C=O) groups is 1. The van der Waals surface area contributed by atoms with Gasteiger partial charge in [-0.15, -0.1) is 6.42 Å². The molecule has 0 aliphatic heterocycles. The molecule has 1 atom stereocenters. The Bertz CT molecular complexity index is 255. The van der Waals surface area contributed by atoms with E-state index >= 15 is 0 Å². The molecule has 5 heteroatoms. The fraction of sp³-hybridized carbons (Fsp3) is 0.556. The zero-order valence-electron chi connectivity index (χ0n) is 8.41. The Morgan fingerprint density at radius 3 is 2.86 bits per heavy atom. The second kappa shape index (κ2) is 6.92. The SMILES string of the molecule is C#CCNC(C(=O)OCC)/C(C)=N/N. The number of hydrazone groups is 1. The summed E-state index contributed by atoms with van der Waals surface area (Å²) >= 11 is 0. The Balaban J connectivity index is 4.40. The van der Waals surface area contributed by atoms with Gasteiger partial charge in [0.15, 0.2) is 0 Å². The van der Waals surface area contributed by atoms with Gasteiger partial charge in [0.05, 0.1) is 18.9 Å². The first-order valence-electron chi connectivity index (χ1n) is 4.25. The number of rotatable bonds is 5. The van der Waals surface area contributed by atoms with Crippen molar-refractivity contribution >= 4 is 11.7 Å². The van der Waals surface area contributed by atoms with Crippen molar-refractivity contribution in [1.82, 2.24) is 5.32 Å². The molecule has 0 heterocycles. The van der Waals surface area contributed by atoms with Crippen LogP contribution in [0.5, 0.6) is 0 Å². The lowest BCUT2D eigenvalue weighted by molar-refractivity contribution is -0.143. The van der Waals surface area contributed by atoms with Crippen LogP contribution in [-0.4, -0.2) is 30.9 Å². The number of esters is 1. The van der Waals surface area contributed by atoms with Crippen molar-refractivity contribution in [3.05, 3.63) is 0 Å². The Morgan fingerprint density at radius 2 is 2.43 bits per heavy atom. The van der Waals surface area contributed by atoms with Gasteiger partial charge < -0.3 is 10.6 Å². The summed E-state index contributed by atoms with van der Waals surface area (Å²) in [4.78, 5) is 11.4. The van der Waals surface area contributed by atoms with E-state index < -0.39 is 12.0 Å². The molecule has 0 aliphatic carbocycles. The maximum absolute atomic E-state index is 11.4. The Morgan fingerprint density at radius 1 is 1.79 bits per heavy atom. The molecule has 0 rings (SSSR count). The van der Waals surface area contributed by atoms with Gasteiger partial charge in [-0.1, -0.05) is 5.92 Å². The molecule has 0 aromatic heterocycles. The smallest absolute Gasteiger partial charge is 0.329 e. The van der Waals surface area contributed by atoms with E-state index in [0.717, 1.165) is 0 Å². The minimum absolute atomic E-state index is 0.260. The van der Waals surface area contributed by atoms with Crippen LogP contribution < -0.4 is 11.2 Å². The highest BCUT2D eigenvalue weighted by Gasteiger charge is 2.21. The van der Waals surface area contributed by atoms with Gasteiger partial charge in [0.1, 0.15) is 6.04 Å². The summed E-state index contributed by atoms with van der Waals surface area (Å²) in [7, 11) is 0. The molecule has 0 aromatic rings. The van der Waals surface area contributed by atoms with Crippen molar-refractivity contribution in [1.29, 1.82) is 0 Å². The standard InChI is InChI=1S/C9H15N3O2/c1-4-6-11-8(7(3)12-10)9(13)14-5-2/h1,8,11H,5-6,10H2,2-3H3/b12-7+. The average Bonchev–Trinajstić information content (AvgIpc) is 2.18. The van der Waals surface area contributed by atoms with E-state index in [9.17, 15) is 4.79 Å². The van der Waals surface area contributed by atoms with Gasteiger partial charge in [-0.2, -0.15) is 5.10 Å². The van der Waals surface area contributed by atoms with Crippen molar-refractivity contribution in [3.8, 4) is 12.3 Å². The topological polar surface area (TPSA) is 76.7 Å². The second-order valence-electron chi connectivity index (χ2n) is 2.54. The zero-order chi connectivity index (χ0) is 11.0. The van der Waals surface area contributed by atoms with Crippen LogP contribution in [0.4, 0.5) is 0 Å². The van der Waals surface area contributed by atoms with Gasteiger partial charge in [0.25, 0.3) is 0 Å². The van der Waals surface area contributed by atoms with Crippen LogP contribution in [0.3, 0.4) is 0 Å². The second-order valence-corrected chi connectivity index (χ2v) is 2.54. The summed E-state index contributed by atoms with van der Waals surface area (Å²) in [6.45, 7) is 3.93. The number of terminal acetylenes is 1. The summed E-state index contributed by atoms with van der Waals surface area (Å²) in [5.74, 6) is 7.00. The first kappa shape index (κ1) is 12.5. The first-order valence-corrected chi connectivity index (χ1v) is 4.25. The van der Waals surface area contributed by atoms with Crippen molar-refractivity contribution in [2.75, 3.05) is 13.2 Å². The van der Waals surface area contributed by atoms with E-state index in [4.69, 9.17) is 17.0 Å². The normalized spacial score (nSPS) is 13.1. The highest BCUT2D eigenvalue weighted by molar-refractivity contribution is 6.04. The van der Waals surface area contributed by atoms with Crippen molar-refractivity contribution in [2.45, 2.75) is 19.9 Å². The Labute approximate surface area is 83.7 Å². The van der Waals surface area contributed by atoms with Crippen molar-refractivity contribution in [2.24, 2.45) is 10.9 Å². The van der Waals surface area contributed by atoms with E-state index in [-0.39, 0.29) is 6.54 Å². The van der Waals surface area contributed by atoms with E-state index in [2.05, 4.69) is 16.3 Å². The highest BCUT2D eigenvalue weighted by Crippen LogP contribution is 1.92. The maximum atomic E-state index is 11.4. The monoisotopic (exact) mass is 197 g/mol. The van der Waals surface area contributed by atoms with Gasteiger partial charge >= 0.3 is 5.97 Å². The molecule has 0 aliphatic rings. The summed E-state index contributed by atoms with van der Waals surface area (Å²) in [6.07, 6.45) is 5.06. The Hall–Kier alpha value is -1.54. The number of nitrogens with one attached hydrogen (secondary N) is 1. The molecule has 0 radical (unpaired) electrons. The zero-order valence-corrected chi connectivity index (χ0v) is 8.41. The molecule has 0 fully saturated rings. The molecule has 1 unspecified atom stereocenters. The molecule has 5 nitrogen and oxygen atoms in total. The lowest BCUT2D eigenvalue weighted by atomic mass is 10.2. The predicted octanol–water partition coefficient (Wildman–Crippen LogP) is -0.524. The number of nitrogens with zero attached hydrogens (tertiary/aromatic N) is 1. The molecule has 0 amide bonds. The number of nitrogens with two attached hydrogens (primary N) is 1. The Kier molecular flexibility index (Phi) is 6.16. The van der Waals surface area contributed by atoms with Gasteiger partial charge in [-0.3, -0.25) is 5.32 Å². The lowest BCUT2D eigenvalue weighted by Crippen LogP contribution is -2.44. The van der Waals surface area contributed by atoms with Crippen LogP contribution in [-0.2, 0) is 9.53 Å². The van der Waals surface area contributed by atoms with Crippen molar-refractivity contribution < 1.29 is 9.53 Å². The maximum Gasteiger partial charge on any atom is 0.329 e. The van der Waals surface area contributed by atoms with Crippen LogP contribution >= 0.6 is 0 Å². The van der Waals surface area contributed by atoms with Crippen molar-refractivity contribution in [3.63, 3.8) is 0 Å². The van der Waals surface area contributed by atoms with Crippen LogP contribution in [0.25, 0.3) is 0 Å². The van der Waals surface area contributed by atoms with Crippen LogP contribution in [0.15, 0.2) is 5.10 Å². The predicted molar refractivity (Wildman–Crippen MR) is 54.6 cm³/mol. The van der Waals surface area contributed by atoms with Gasteiger partial charge in [-0.05, 0) is 13.8 Å². The molecule has 14 heavy (non-hydrogen) atoms. The van der Waals surface area contributed by atoms with Gasteiger partial charge in [0, 0.05) is 0 Å². The fourth-order valence-corrected chi connectivity index (χ4v) is 0.863. The quantitative estimate of drug-likeness (QED) is 0.204. The summed E-state index contributed by atoms with van der Waals surface area (Å²) in [6, 6.07) is -0.656. The fourth-order valence-electron chi connectivity index (χ4n) is 0.863. The minimum Gasteiger partial charge on any atom is -0.465 e. The highest BCUT2D eigenvalue weighted by atomic mass is 16.5. The number of hydrogen-bond donors (Lipinski definition) is 2. The third-order valence-corrected chi connectivity index (χ3v) is 1.55. The summed E-state index contributed by atoms with van der Waals surface area (Å²) in [5, 5.41) is 6.21. The molecular formula is C9H15N3O2. The summed E-state index contributed by atoms with van der Waals surface area (Å²) < 4.78 is 4.82. The molecule has 3 N–H and O–H groups in total. The summed E-state index contributed by atoms with van der Waals surface area (Å²) in [5.41, 5.74) is 0.443. The molecular weight excluding hydrogens is 182 g/mol. The molecule has 0 aromatic carbocycles. The third-order valence-electron chi connectivity index (χ3n) is 1.55. The largest absolute Gasteiger partial charge is 0.465 e. The minimum atomic E-state index is -0.656. The number of carbonyl (C=O) groups excluding carboxylic acids is 1. The number of ether oxygens (including phenoxy) is 1. The molecule has 0 bridgehead atoms. The van der Waals surface area contributed by atoms with E-state index in [1.807, 2.05) is 0 Å².